The lowest BCUT2D eigenvalue weighted by atomic mass is 9.95. The van der Waals surface area contributed by atoms with Crippen molar-refractivity contribution in [2.45, 2.75) is 45.1 Å². The highest BCUT2D eigenvalue weighted by Gasteiger charge is 2.31. The van der Waals surface area contributed by atoms with Crippen LogP contribution >= 0.6 is 0 Å². The molecule has 1 aromatic carbocycles. The number of hydrogen-bond donors (Lipinski definition) is 2. The molecule has 1 aliphatic heterocycles. The molecule has 1 atom stereocenters. The predicted molar refractivity (Wildman–Crippen MR) is 103 cm³/mol. The molecular weight excluding hydrogens is 368 g/mol. The van der Waals surface area contributed by atoms with E-state index in [-0.39, 0.29) is 24.0 Å². The van der Waals surface area contributed by atoms with Gasteiger partial charge in [0.05, 0.1) is 18.2 Å². The molecule has 8 heteroatoms. The topological polar surface area (TPSA) is 104 Å². The summed E-state index contributed by atoms with van der Waals surface area (Å²) in [5.41, 5.74) is 0.743. The number of carbonyl (C=O) groups excluding carboxylic acids is 1. The summed E-state index contributed by atoms with van der Waals surface area (Å²) in [6, 6.07) is 8.42. The fraction of sp³-hybridized carbons (Fsp3) is 0.579. The Kier molecular flexibility index (Phi) is 7.79. The van der Waals surface area contributed by atoms with Crippen LogP contribution in [0, 0.1) is 5.92 Å². The van der Waals surface area contributed by atoms with Crippen molar-refractivity contribution in [3.63, 3.8) is 0 Å². The van der Waals surface area contributed by atoms with E-state index in [1.807, 2.05) is 13.0 Å². The summed E-state index contributed by atoms with van der Waals surface area (Å²) in [7, 11) is -3.25. The minimum absolute atomic E-state index is 0.148. The van der Waals surface area contributed by atoms with Crippen molar-refractivity contribution in [2.75, 3.05) is 18.8 Å². The van der Waals surface area contributed by atoms with Crippen LogP contribution < -0.4 is 5.32 Å². The average Bonchev–Trinajstić information content (AvgIpc) is 2.66. The number of sulfonamides is 1. The highest BCUT2D eigenvalue weighted by atomic mass is 32.2. The minimum atomic E-state index is -3.25. The normalized spacial score (nSPS) is 17.4. The lowest BCUT2D eigenvalue weighted by Crippen LogP contribution is -2.44. The molecule has 0 spiro atoms. The van der Waals surface area contributed by atoms with Crippen molar-refractivity contribution in [2.24, 2.45) is 5.92 Å². The SMILES string of the molecule is CCCCS(=O)(=O)N1CCC(C(=O)NC(CC(=O)O)c2ccccc2)CC1. The summed E-state index contributed by atoms with van der Waals surface area (Å²) in [4.78, 5) is 23.8. The molecule has 150 valence electrons. The highest BCUT2D eigenvalue weighted by Crippen LogP contribution is 2.23. The first-order valence-corrected chi connectivity index (χ1v) is 11.0. The monoisotopic (exact) mass is 396 g/mol. The molecule has 1 unspecified atom stereocenters. The molecule has 1 aromatic rings. The van der Waals surface area contributed by atoms with E-state index in [4.69, 9.17) is 5.11 Å². The highest BCUT2D eigenvalue weighted by molar-refractivity contribution is 7.89. The number of hydrogen-bond acceptors (Lipinski definition) is 4. The van der Waals surface area contributed by atoms with Crippen molar-refractivity contribution in [1.82, 2.24) is 9.62 Å². The van der Waals surface area contributed by atoms with Gasteiger partial charge in [-0.1, -0.05) is 43.7 Å². The zero-order valence-corrected chi connectivity index (χ0v) is 16.5. The summed E-state index contributed by atoms with van der Waals surface area (Å²) in [5, 5.41) is 12.0. The van der Waals surface area contributed by atoms with Gasteiger partial charge in [0.1, 0.15) is 0 Å². The van der Waals surface area contributed by atoms with E-state index in [0.29, 0.717) is 32.4 Å². The van der Waals surface area contributed by atoms with Crippen LogP contribution in [0.1, 0.15) is 50.6 Å². The molecule has 1 heterocycles. The van der Waals surface area contributed by atoms with E-state index in [1.165, 1.54) is 4.31 Å². The molecule has 0 saturated carbocycles. The molecule has 0 aliphatic carbocycles. The molecule has 0 radical (unpaired) electrons. The molecule has 27 heavy (non-hydrogen) atoms. The molecular formula is C19H28N2O5S. The summed E-state index contributed by atoms with van der Waals surface area (Å²) in [6.45, 7) is 2.62. The maximum Gasteiger partial charge on any atom is 0.305 e. The smallest absolute Gasteiger partial charge is 0.305 e. The van der Waals surface area contributed by atoms with Gasteiger partial charge >= 0.3 is 5.97 Å². The van der Waals surface area contributed by atoms with Crippen molar-refractivity contribution < 1.29 is 23.1 Å². The van der Waals surface area contributed by atoms with E-state index in [0.717, 1.165) is 12.0 Å². The number of nitrogens with one attached hydrogen (secondary N) is 1. The molecule has 0 aromatic heterocycles. The van der Waals surface area contributed by atoms with Gasteiger partial charge in [0.15, 0.2) is 0 Å². The molecule has 1 aliphatic rings. The maximum atomic E-state index is 12.6. The third kappa shape index (κ3) is 6.32. The fourth-order valence-electron chi connectivity index (χ4n) is 3.25. The summed E-state index contributed by atoms with van der Waals surface area (Å²) < 4.78 is 26.0. The maximum absolute atomic E-state index is 12.6. The van der Waals surface area contributed by atoms with E-state index >= 15 is 0 Å². The van der Waals surface area contributed by atoms with Crippen LogP contribution in [0.2, 0.25) is 0 Å². The van der Waals surface area contributed by atoms with Crippen LogP contribution in [0.5, 0.6) is 0 Å². The first-order valence-electron chi connectivity index (χ1n) is 9.38. The number of carboxylic acids is 1. The van der Waals surface area contributed by atoms with E-state index in [9.17, 15) is 18.0 Å². The van der Waals surface area contributed by atoms with Gasteiger partial charge in [0.2, 0.25) is 15.9 Å². The number of nitrogens with zero attached hydrogens (tertiary/aromatic N) is 1. The number of unbranched alkanes of at least 4 members (excludes halogenated alkanes) is 1. The predicted octanol–water partition coefficient (Wildman–Crippen LogP) is 2.16. The zero-order valence-electron chi connectivity index (χ0n) is 15.6. The summed E-state index contributed by atoms with van der Waals surface area (Å²) in [6.07, 6.45) is 2.16. The number of rotatable bonds is 9. The van der Waals surface area contributed by atoms with Gasteiger partial charge in [-0.2, -0.15) is 0 Å². The molecule has 2 N–H and O–H groups in total. The Labute approximate surface area is 160 Å². The molecule has 1 saturated heterocycles. The van der Waals surface area contributed by atoms with Crippen LogP contribution in [0.4, 0.5) is 0 Å². The van der Waals surface area contributed by atoms with Gasteiger partial charge in [-0.25, -0.2) is 12.7 Å². The molecule has 1 amide bonds. The first-order chi connectivity index (χ1) is 12.8. The van der Waals surface area contributed by atoms with Gasteiger partial charge in [0.25, 0.3) is 0 Å². The standard InChI is InChI=1S/C19H28N2O5S/c1-2-3-13-27(25,26)21-11-9-16(10-12-21)19(24)20-17(14-18(22)23)15-7-5-4-6-8-15/h4-8,16-17H,2-3,9-14H2,1H3,(H,20,24)(H,22,23). The van der Waals surface area contributed by atoms with Crippen LogP contribution in [0.15, 0.2) is 30.3 Å². The van der Waals surface area contributed by atoms with Crippen molar-refractivity contribution in [3.05, 3.63) is 35.9 Å². The zero-order chi connectivity index (χ0) is 19.9. The number of carboxylic acid groups (broad SMARTS) is 1. The minimum Gasteiger partial charge on any atom is -0.481 e. The first kappa shape index (κ1) is 21.4. The van der Waals surface area contributed by atoms with Crippen LogP contribution in [-0.2, 0) is 19.6 Å². The van der Waals surface area contributed by atoms with Crippen LogP contribution in [0.3, 0.4) is 0 Å². The lowest BCUT2D eigenvalue weighted by Gasteiger charge is -2.31. The van der Waals surface area contributed by atoms with E-state index in [1.54, 1.807) is 24.3 Å². The number of amides is 1. The second kappa shape index (κ2) is 9.85. The molecule has 0 bridgehead atoms. The van der Waals surface area contributed by atoms with Gasteiger partial charge in [-0.3, -0.25) is 9.59 Å². The Morgan fingerprint density at radius 3 is 2.41 bits per heavy atom. The molecule has 2 rings (SSSR count). The quantitative estimate of drug-likeness (QED) is 0.666. The number of benzene rings is 1. The van der Waals surface area contributed by atoms with Gasteiger partial charge < -0.3 is 10.4 Å². The van der Waals surface area contributed by atoms with Crippen molar-refractivity contribution >= 4 is 21.9 Å². The van der Waals surface area contributed by atoms with Crippen LogP contribution in [-0.4, -0.2) is 48.5 Å². The summed E-state index contributed by atoms with van der Waals surface area (Å²) in [5.74, 6) is -1.35. The van der Waals surface area contributed by atoms with E-state index < -0.39 is 22.0 Å². The number of carbonyl (C=O) groups is 2. The third-order valence-corrected chi connectivity index (χ3v) is 6.83. The Hall–Kier alpha value is -1.93. The molecule has 1 fully saturated rings. The Morgan fingerprint density at radius 1 is 1.22 bits per heavy atom. The van der Waals surface area contributed by atoms with Gasteiger partial charge in [-0.15, -0.1) is 0 Å². The van der Waals surface area contributed by atoms with Gasteiger partial charge in [0, 0.05) is 19.0 Å². The Bertz CT molecular complexity index is 728. The second-order valence-corrected chi connectivity index (χ2v) is 9.00. The molecule has 7 nitrogen and oxygen atoms in total. The second-order valence-electron chi connectivity index (χ2n) is 6.91. The Morgan fingerprint density at radius 2 is 1.85 bits per heavy atom. The van der Waals surface area contributed by atoms with Crippen molar-refractivity contribution in [1.29, 1.82) is 0 Å². The summed E-state index contributed by atoms with van der Waals surface area (Å²) >= 11 is 0. The van der Waals surface area contributed by atoms with E-state index in [2.05, 4.69) is 5.32 Å². The largest absolute Gasteiger partial charge is 0.481 e. The number of aliphatic carboxylic acids is 1. The number of piperidine rings is 1. The fourth-order valence-corrected chi connectivity index (χ4v) is 4.93. The Balaban J connectivity index is 1.95. The van der Waals surface area contributed by atoms with Gasteiger partial charge in [-0.05, 0) is 24.8 Å². The average molecular weight is 397 g/mol. The van der Waals surface area contributed by atoms with Crippen molar-refractivity contribution in [3.8, 4) is 0 Å². The third-order valence-electron chi connectivity index (χ3n) is 4.87. The van der Waals surface area contributed by atoms with Crippen LogP contribution in [0.25, 0.3) is 0 Å². The lowest BCUT2D eigenvalue weighted by molar-refractivity contribution is -0.138.